The largest absolute Gasteiger partial charge is 0.487 e. The summed E-state index contributed by atoms with van der Waals surface area (Å²) in [6, 6.07) is 3.94. The van der Waals surface area contributed by atoms with E-state index in [1.807, 2.05) is 19.1 Å². The molecule has 2 aromatic rings. The second-order valence-corrected chi connectivity index (χ2v) is 5.75. The summed E-state index contributed by atoms with van der Waals surface area (Å²) < 4.78 is 6.89. The molecule has 1 aliphatic heterocycles. The van der Waals surface area contributed by atoms with Crippen LogP contribution in [0.15, 0.2) is 35.3 Å². The number of aromatic nitrogens is 3. The first-order valence-corrected chi connectivity index (χ1v) is 7.31. The minimum absolute atomic E-state index is 0.168. The average Bonchev–Trinajstić information content (AvgIpc) is 2.87. The smallest absolute Gasteiger partial charge is 0.139 e. The normalized spacial score (nSPS) is 18.3. The van der Waals surface area contributed by atoms with E-state index in [-0.39, 0.29) is 6.10 Å². The molecule has 0 saturated carbocycles. The predicted molar refractivity (Wildman–Crippen MR) is 80.0 cm³/mol. The lowest BCUT2D eigenvalue weighted by Gasteiger charge is -2.18. The highest BCUT2D eigenvalue weighted by molar-refractivity contribution is 9.10. The third-order valence-corrected chi connectivity index (χ3v) is 3.67. The maximum Gasteiger partial charge on any atom is 0.139 e. The van der Waals surface area contributed by atoms with Crippen LogP contribution in [0.25, 0.3) is 0 Å². The molecule has 0 aliphatic carbocycles. The van der Waals surface area contributed by atoms with Crippen LogP contribution < -0.4 is 9.64 Å². The second-order valence-electron chi connectivity index (χ2n) is 4.83. The highest BCUT2D eigenvalue weighted by Crippen LogP contribution is 2.23. The van der Waals surface area contributed by atoms with Crippen LogP contribution in [0.1, 0.15) is 12.1 Å². The van der Waals surface area contributed by atoms with E-state index in [0.717, 1.165) is 41.2 Å². The Kier molecular flexibility index (Phi) is 3.82. The fourth-order valence-electron chi connectivity index (χ4n) is 2.30. The molecule has 1 aliphatic rings. The summed E-state index contributed by atoms with van der Waals surface area (Å²) in [7, 11) is 0. The Balaban J connectivity index is 1.65. The quantitative estimate of drug-likeness (QED) is 0.863. The van der Waals surface area contributed by atoms with Gasteiger partial charge in [-0.15, -0.1) is 0 Å². The van der Waals surface area contributed by atoms with E-state index in [0.29, 0.717) is 0 Å². The Morgan fingerprint density at radius 1 is 1.30 bits per heavy atom. The van der Waals surface area contributed by atoms with Gasteiger partial charge in [0.25, 0.3) is 0 Å². The predicted octanol–water partition coefficient (Wildman–Crippen LogP) is 2.60. The Bertz CT molecular complexity index is 607. The molecule has 0 amide bonds. The number of rotatable bonds is 3. The van der Waals surface area contributed by atoms with Crippen LogP contribution in [-0.4, -0.2) is 34.1 Å². The van der Waals surface area contributed by atoms with Crippen molar-refractivity contribution in [2.75, 3.05) is 18.0 Å². The van der Waals surface area contributed by atoms with Crippen LogP contribution in [-0.2, 0) is 0 Å². The molecule has 1 fully saturated rings. The minimum atomic E-state index is 0.168. The molecular weight excluding hydrogens is 320 g/mol. The van der Waals surface area contributed by atoms with Crippen molar-refractivity contribution < 1.29 is 4.74 Å². The molecule has 0 unspecified atom stereocenters. The molecule has 104 valence electrons. The van der Waals surface area contributed by atoms with Gasteiger partial charge in [-0.1, -0.05) is 0 Å². The zero-order chi connectivity index (χ0) is 13.9. The molecule has 3 rings (SSSR count). The monoisotopic (exact) mass is 334 g/mol. The summed E-state index contributed by atoms with van der Waals surface area (Å²) in [5, 5.41) is 0. The molecule has 0 bridgehead atoms. The minimum Gasteiger partial charge on any atom is -0.487 e. The molecule has 1 saturated heterocycles. The lowest BCUT2D eigenvalue weighted by atomic mass is 10.3. The summed E-state index contributed by atoms with van der Waals surface area (Å²) in [5.74, 6) is 1.76. The van der Waals surface area contributed by atoms with Crippen molar-refractivity contribution in [2.24, 2.45) is 0 Å². The summed E-state index contributed by atoms with van der Waals surface area (Å²) in [4.78, 5) is 14.8. The van der Waals surface area contributed by atoms with Crippen molar-refractivity contribution in [1.29, 1.82) is 0 Å². The lowest BCUT2D eigenvalue weighted by molar-refractivity contribution is 0.224. The molecule has 0 aromatic carbocycles. The number of aryl methyl sites for hydroxylation is 1. The van der Waals surface area contributed by atoms with Gasteiger partial charge in [0.2, 0.25) is 0 Å². The van der Waals surface area contributed by atoms with Crippen molar-refractivity contribution in [3.05, 3.63) is 41.0 Å². The van der Waals surface area contributed by atoms with Crippen LogP contribution in [0, 0.1) is 6.92 Å². The summed E-state index contributed by atoms with van der Waals surface area (Å²) in [5.41, 5.74) is 0.982. The summed E-state index contributed by atoms with van der Waals surface area (Å²) in [6.07, 6.45) is 6.24. The number of pyridine rings is 1. The van der Waals surface area contributed by atoms with E-state index < -0.39 is 0 Å². The SMILES string of the molecule is Cc1cc(N2CC[C@H](Oc3cncc(Br)c3)C2)ncn1. The van der Waals surface area contributed by atoms with Gasteiger partial charge in [0.05, 0.1) is 12.7 Å². The van der Waals surface area contributed by atoms with Gasteiger partial charge in [-0.3, -0.25) is 4.98 Å². The summed E-state index contributed by atoms with van der Waals surface area (Å²) >= 11 is 3.40. The Morgan fingerprint density at radius 3 is 3.00 bits per heavy atom. The molecule has 0 N–H and O–H groups in total. The van der Waals surface area contributed by atoms with Crippen molar-refractivity contribution in [3.8, 4) is 5.75 Å². The van der Waals surface area contributed by atoms with Gasteiger partial charge >= 0.3 is 0 Å². The third-order valence-electron chi connectivity index (χ3n) is 3.24. The van der Waals surface area contributed by atoms with E-state index in [9.17, 15) is 0 Å². The molecular formula is C14H15BrN4O. The van der Waals surface area contributed by atoms with Gasteiger partial charge in [0.1, 0.15) is 24.0 Å². The van der Waals surface area contributed by atoms with Gasteiger partial charge in [-0.05, 0) is 28.9 Å². The number of hydrogen-bond donors (Lipinski definition) is 0. The highest BCUT2D eigenvalue weighted by Gasteiger charge is 2.25. The van der Waals surface area contributed by atoms with E-state index in [1.54, 1.807) is 18.7 Å². The Hall–Kier alpha value is -1.69. The maximum absolute atomic E-state index is 5.96. The molecule has 6 heteroatoms. The van der Waals surface area contributed by atoms with E-state index >= 15 is 0 Å². The van der Waals surface area contributed by atoms with Crippen LogP contribution >= 0.6 is 15.9 Å². The van der Waals surface area contributed by atoms with Crippen molar-refractivity contribution in [3.63, 3.8) is 0 Å². The van der Waals surface area contributed by atoms with Crippen molar-refractivity contribution in [2.45, 2.75) is 19.4 Å². The average molecular weight is 335 g/mol. The molecule has 5 nitrogen and oxygen atoms in total. The first-order chi connectivity index (χ1) is 9.70. The van der Waals surface area contributed by atoms with Gasteiger partial charge < -0.3 is 9.64 Å². The highest BCUT2D eigenvalue weighted by atomic mass is 79.9. The first-order valence-electron chi connectivity index (χ1n) is 6.51. The molecule has 20 heavy (non-hydrogen) atoms. The van der Waals surface area contributed by atoms with Gasteiger partial charge in [-0.2, -0.15) is 0 Å². The van der Waals surface area contributed by atoms with Gasteiger partial charge in [0, 0.05) is 35.4 Å². The number of ether oxygens (including phenoxy) is 1. The van der Waals surface area contributed by atoms with E-state index in [4.69, 9.17) is 4.74 Å². The third kappa shape index (κ3) is 3.07. The number of nitrogens with zero attached hydrogens (tertiary/aromatic N) is 4. The van der Waals surface area contributed by atoms with Crippen LogP contribution in [0.3, 0.4) is 0 Å². The van der Waals surface area contributed by atoms with Crippen LogP contribution in [0.2, 0.25) is 0 Å². The molecule has 3 heterocycles. The zero-order valence-electron chi connectivity index (χ0n) is 11.2. The van der Waals surface area contributed by atoms with Crippen molar-refractivity contribution >= 4 is 21.7 Å². The standard InChI is InChI=1S/C14H15BrN4O/c1-10-4-14(18-9-17-10)19-3-2-12(8-19)20-13-5-11(15)6-16-7-13/h4-7,9,12H,2-3,8H2,1H3/t12-/m0/s1. The summed E-state index contributed by atoms with van der Waals surface area (Å²) in [6.45, 7) is 3.76. The van der Waals surface area contributed by atoms with Crippen LogP contribution in [0.5, 0.6) is 5.75 Å². The lowest BCUT2D eigenvalue weighted by Crippen LogP contribution is -2.25. The molecule has 2 aromatic heterocycles. The van der Waals surface area contributed by atoms with Crippen LogP contribution in [0.4, 0.5) is 5.82 Å². The number of hydrogen-bond acceptors (Lipinski definition) is 5. The van der Waals surface area contributed by atoms with E-state index in [2.05, 4.69) is 35.8 Å². The number of anilines is 1. The topological polar surface area (TPSA) is 51.1 Å². The Morgan fingerprint density at radius 2 is 2.20 bits per heavy atom. The van der Waals surface area contributed by atoms with E-state index in [1.165, 1.54) is 0 Å². The second kappa shape index (κ2) is 5.75. The molecule has 0 radical (unpaired) electrons. The molecule has 0 spiro atoms. The fourth-order valence-corrected chi connectivity index (χ4v) is 2.64. The maximum atomic E-state index is 5.96. The van der Waals surface area contributed by atoms with Gasteiger partial charge in [0.15, 0.2) is 0 Å². The zero-order valence-corrected chi connectivity index (χ0v) is 12.7. The van der Waals surface area contributed by atoms with Crippen molar-refractivity contribution in [1.82, 2.24) is 15.0 Å². The first kappa shape index (κ1) is 13.3. The number of halogens is 1. The molecule has 1 atom stereocenters. The Labute approximate surface area is 126 Å². The fraction of sp³-hybridized carbons (Fsp3) is 0.357. The van der Waals surface area contributed by atoms with Gasteiger partial charge in [-0.25, -0.2) is 9.97 Å².